The topological polar surface area (TPSA) is 118 Å². The third kappa shape index (κ3) is 4.51. The highest BCUT2D eigenvalue weighted by atomic mass is 19.4. The van der Waals surface area contributed by atoms with Gasteiger partial charge in [-0.05, 0) is 18.6 Å². The highest BCUT2D eigenvalue weighted by Gasteiger charge is 2.36. The Kier molecular flexibility index (Phi) is 6.12. The summed E-state index contributed by atoms with van der Waals surface area (Å²) in [6, 6.07) is 6.03. The van der Waals surface area contributed by atoms with Gasteiger partial charge in [0, 0.05) is 38.9 Å². The summed E-state index contributed by atoms with van der Waals surface area (Å²) in [7, 11) is 1.72. The quantitative estimate of drug-likeness (QED) is 0.446. The van der Waals surface area contributed by atoms with Gasteiger partial charge in [-0.15, -0.1) is 0 Å². The smallest absolute Gasteiger partial charge is 0.353 e. The van der Waals surface area contributed by atoms with Crippen LogP contribution in [0.1, 0.15) is 17.5 Å². The number of halogens is 3. The zero-order chi connectivity index (χ0) is 26.3. The van der Waals surface area contributed by atoms with E-state index >= 15 is 0 Å². The summed E-state index contributed by atoms with van der Waals surface area (Å²) in [5.41, 5.74) is -1.66. The molecule has 1 aliphatic rings. The van der Waals surface area contributed by atoms with Crippen molar-refractivity contribution in [2.24, 2.45) is 7.05 Å². The van der Waals surface area contributed by atoms with Gasteiger partial charge in [-0.25, -0.2) is 9.97 Å². The zero-order valence-electron chi connectivity index (χ0n) is 20.0. The van der Waals surface area contributed by atoms with E-state index in [1.165, 1.54) is 31.3 Å². The maximum atomic E-state index is 13.9. The molecular formula is C24H22F3N9O. The Bertz CT molecular complexity index is 1590. The van der Waals surface area contributed by atoms with Crippen molar-refractivity contribution in [1.29, 1.82) is 5.26 Å². The molecule has 0 aliphatic carbocycles. The van der Waals surface area contributed by atoms with Gasteiger partial charge in [-0.1, -0.05) is 12.1 Å². The molecule has 3 aromatic heterocycles. The van der Waals surface area contributed by atoms with E-state index in [2.05, 4.69) is 26.6 Å². The summed E-state index contributed by atoms with van der Waals surface area (Å²) in [6.07, 6.45) is 0.147. The van der Waals surface area contributed by atoms with Gasteiger partial charge in [0.2, 0.25) is 0 Å². The van der Waals surface area contributed by atoms with Crippen LogP contribution in [0.25, 0.3) is 28.0 Å². The number of nitriles is 1. The Morgan fingerprint density at radius 1 is 1.22 bits per heavy atom. The van der Waals surface area contributed by atoms with E-state index in [-0.39, 0.29) is 35.1 Å². The van der Waals surface area contributed by atoms with Gasteiger partial charge < -0.3 is 10.2 Å². The third-order valence-electron chi connectivity index (χ3n) is 6.24. The van der Waals surface area contributed by atoms with Crippen LogP contribution in [0, 0.1) is 18.3 Å². The van der Waals surface area contributed by atoms with E-state index in [1.807, 2.05) is 4.90 Å². The number of anilines is 1. The van der Waals surface area contributed by atoms with Crippen LogP contribution in [-0.2, 0) is 13.2 Å². The predicted octanol–water partition coefficient (Wildman–Crippen LogP) is 2.60. The van der Waals surface area contributed by atoms with Crippen molar-refractivity contribution in [3.8, 4) is 23.1 Å². The molecule has 4 aromatic rings. The molecule has 1 atom stereocenters. The van der Waals surface area contributed by atoms with Gasteiger partial charge >= 0.3 is 6.18 Å². The van der Waals surface area contributed by atoms with Crippen molar-refractivity contribution >= 4 is 16.7 Å². The van der Waals surface area contributed by atoms with Crippen LogP contribution in [0.2, 0.25) is 0 Å². The highest BCUT2D eigenvalue weighted by molar-refractivity contribution is 5.90. The molecule has 5 rings (SSSR count). The molecule has 0 radical (unpaired) electrons. The molecule has 1 saturated heterocycles. The van der Waals surface area contributed by atoms with E-state index in [4.69, 9.17) is 10.2 Å². The van der Waals surface area contributed by atoms with Gasteiger partial charge in [0.25, 0.3) is 5.56 Å². The molecule has 1 unspecified atom stereocenters. The van der Waals surface area contributed by atoms with Crippen LogP contribution >= 0.6 is 0 Å². The number of fused-ring (bicyclic) bond motifs is 1. The molecule has 4 heterocycles. The highest BCUT2D eigenvalue weighted by Crippen LogP contribution is 2.36. The van der Waals surface area contributed by atoms with Gasteiger partial charge in [0.15, 0.2) is 5.82 Å². The zero-order valence-corrected chi connectivity index (χ0v) is 20.0. The molecule has 1 N–H and O–H groups in total. The summed E-state index contributed by atoms with van der Waals surface area (Å²) in [5.74, 6) is 0.631. The van der Waals surface area contributed by atoms with Crippen LogP contribution in [-0.4, -0.2) is 55.2 Å². The number of hydrogen-bond acceptors (Lipinski definition) is 8. The molecule has 190 valence electrons. The van der Waals surface area contributed by atoms with E-state index in [9.17, 15) is 18.0 Å². The third-order valence-corrected chi connectivity index (χ3v) is 6.24. The first kappa shape index (κ1) is 24.4. The Morgan fingerprint density at radius 2 is 2.03 bits per heavy atom. The molecule has 1 aromatic carbocycles. The number of aromatic nitrogens is 6. The Morgan fingerprint density at radius 3 is 2.73 bits per heavy atom. The number of alkyl halides is 3. The van der Waals surface area contributed by atoms with Gasteiger partial charge in [0.1, 0.15) is 11.3 Å². The Balaban J connectivity index is 1.75. The number of hydrogen-bond donors (Lipinski definition) is 1. The number of aryl methyl sites for hydroxylation is 2. The second-order valence-corrected chi connectivity index (χ2v) is 8.82. The van der Waals surface area contributed by atoms with Crippen molar-refractivity contribution in [3.05, 3.63) is 58.3 Å². The number of piperazine rings is 1. The van der Waals surface area contributed by atoms with Crippen LogP contribution in [0.15, 0.2) is 41.6 Å². The van der Waals surface area contributed by atoms with Gasteiger partial charge in [-0.2, -0.15) is 33.3 Å². The maximum Gasteiger partial charge on any atom is 0.418 e. The van der Waals surface area contributed by atoms with Gasteiger partial charge in [0.05, 0.1) is 47.1 Å². The molecule has 0 spiro atoms. The normalized spacial score (nSPS) is 16.2. The van der Waals surface area contributed by atoms with Crippen molar-refractivity contribution in [2.45, 2.75) is 25.6 Å². The molecule has 0 bridgehead atoms. The second kappa shape index (κ2) is 9.29. The molecule has 0 saturated carbocycles. The Hall–Kier alpha value is -4.31. The summed E-state index contributed by atoms with van der Waals surface area (Å²) >= 11 is 0. The summed E-state index contributed by atoms with van der Waals surface area (Å²) < 4.78 is 44.1. The molecule has 0 amide bonds. The largest absolute Gasteiger partial charge is 0.418 e. The molecule has 37 heavy (non-hydrogen) atoms. The average Bonchev–Trinajstić information content (AvgIpc) is 3.29. The molecule has 10 nitrogen and oxygen atoms in total. The summed E-state index contributed by atoms with van der Waals surface area (Å²) in [5, 5.41) is 21.0. The minimum atomic E-state index is -4.69. The number of nitrogens with one attached hydrogen (secondary N) is 1. The maximum absolute atomic E-state index is 13.9. The van der Waals surface area contributed by atoms with Crippen molar-refractivity contribution in [2.75, 3.05) is 24.5 Å². The SMILES string of the molecule is Cc1cccc(-n2ncc3c(N4CCNC(CC#N)C4)nc(-c4cnn(C)c4)nc3c2=O)c1C(F)(F)F. The second-order valence-electron chi connectivity index (χ2n) is 8.82. The molecule has 13 heteroatoms. The molecule has 1 fully saturated rings. The lowest BCUT2D eigenvalue weighted by Crippen LogP contribution is -2.51. The number of rotatable bonds is 4. The van der Waals surface area contributed by atoms with Crippen LogP contribution in [0.3, 0.4) is 0 Å². The van der Waals surface area contributed by atoms with Crippen molar-refractivity contribution in [1.82, 2.24) is 34.8 Å². The summed E-state index contributed by atoms with van der Waals surface area (Å²) in [4.78, 5) is 24.7. The minimum absolute atomic E-state index is 0.0254. The van der Waals surface area contributed by atoms with E-state index < -0.39 is 17.3 Å². The fourth-order valence-electron chi connectivity index (χ4n) is 4.55. The first-order valence-corrected chi connectivity index (χ1v) is 11.5. The first-order chi connectivity index (χ1) is 17.7. The molecule has 1 aliphatic heterocycles. The number of nitrogens with zero attached hydrogens (tertiary/aromatic N) is 8. The van der Waals surface area contributed by atoms with Crippen LogP contribution in [0.4, 0.5) is 19.0 Å². The van der Waals surface area contributed by atoms with E-state index in [1.54, 1.807) is 24.1 Å². The lowest BCUT2D eigenvalue weighted by molar-refractivity contribution is -0.138. The minimum Gasteiger partial charge on any atom is -0.353 e. The molecular weight excluding hydrogens is 487 g/mol. The standard InChI is InChI=1S/C24H22F3N9O/c1-14-4-3-5-18(19(14)24(25,26)27)36-23(37)20-17(11-31-36)22(35-9-8-29-16(13-35)6-7-28)33-21(32-20)15-10-30-34(2)12-15/h3-5,10-12,16,29H,6,8-9,13H2,1-2H3. The van der Waals surface area contributed by atoms with Gasteiger partial charge in [-0.3, -0.25) is 9.48 Å². The van der Waals surface area contributed by atoms with Crippen molar-refractivity contribution < 1.29 is 13.2 Å². The van der Waals surface area contributed by atoms with Crippen molar-refractivity contribution in [3.63, 3.8) is 0 Å². The fourth-order valence-corrected chi connectivity index (χ4v) is 4.55. The lowest BCUT2D eigenvalue weighted by atomic mass is 10.1. The Labute approximate surface area is 209 Å². The average molecular weight is 509 g/mol. The van der Waals surface area contributed by atoms with E-state index in [0.717, 1.165) is 4.68 Å². The predicted molar refractivity (Wildman–Crippen MR) is 129 cm³/mol. The number of benzene rings is 1. The monoisotopic (exact) mass is 509 g/mol. The van der Waals surface area contributed by atoms with E-state index in [0.29, 0.717) is 36.4 Å². The summed E-state index contributed by atoms with van der Waals surface area (Å²) in [6.45, 7) is 2.91. The fraction of sp³-hybridized carbons (Fsp3) is 0.333. The van der Waals surface area contributed by atoms with Crippen LogP contribution < -0.4 is 15.8 Å². The lowest BCUT2D eigenvalue weighted by Gasteiger charge is -2.34. The first-order valence-electron chi connectivity index (χ1n) is 11.5. The van der Waals surface area contributed by atoms with Crippen LogP contribution in [0.5, 0.6) is 0 Å².